The van der Waals surface area contributed by atoms with Crippen LogP contribution >= 0.6 is 23.1 Å². The van der Waals surface area contributed by atoms with Gasteiger partial charge in [-0.3, -0.25) is 9.79 Å². The molecular formula is C17H21N3OS2. The van der Waals surface area contributed by atoms with Crippen molar-refractivity contribution in [2.45, 2.75) is 38.1 Å². The zero-order valence-electron chi connectivity index (χ0n) is 13.1. The zero-order valence-corrected chi connectivity index (χ0v) is 14.7. The molecule has 1 fully saturated rings. The van der Waals surface area contributed by atoms with E-state index < -0.39 is 0 Å². The molecule has 0 aromatic carbocycles. The molecular weight excluding hydrogens is 326 g/mol. The van der Waals surface area contributed by atoms with E-state index in [1.807, 2.05) is 16.7 Å². The minimum Gasteiger partial charge on any atom is -0.334 e. The first-order chi connectivity index (χ1) is 11.3. The highest BCUT2D eigenvalue weighted by molar-refractivity contribution is 8.16. The molecule has 1 aromatic rings. The number of likely N-dealkylation sites (tertiary alicyclic amines) is 1. The summed E-state index contributed by atoms with van der Waals surface area (Å²) in [5, 5.41) is 5.12. The van der Waals surface area contributed by atoms with Crippen LogP contribution in [0.2, 0.25) is 0 Å². The van der Waals surface area contributed by atoms with Crippen molar-refractivity contribution in [3.8, 4) is 0 Å². The van der Waals surface area contributed by atoms with Crippen LogP contribution < -0.4 is 0 Å². The van der Waals surface area contributed by atoms with E-state index in [4.69, 9.17) is 0 Å². The third kappa shape index (κ3) is 3.06. The molecule has 122 valence electrons. The maximum Gasteiger partial charge on any atom is 0.271 e. The lowest BCUT2D eigenvalue weighted by molar-refractivity contribution is -0.132. The predicted molar refractivity (Wildman–Crippen MR) is 96.7 cm³/mol. The van der Waals surface area contributed by atoms with Crippen molar-refractivity contribution in [3.05, 3.63) is 33.5 Å². The SMILES string of the molecule is O=C(C1=CSC2=NCCN12)N1CCCC[C@H]1CCc1cccs1. The predicted octanol–water partition coefficient (Wildman–Crippen LogP) is 3.32. The van der Waals surface area contributed by atoms with Crippen molar-refractivity contribution in [1.82, 2.24) is 9.80 Å². The molecule has 1 amide bonds. The van der Waals surface area contributed by atoms with Gasteiger partial charge in [-0.2, -0.15) is 0 Å². The highest BCUT2D eigenvalue weighted by atomic mass is 32.2. The largest absolute Gasteiger partial charge is 0.334 e. The highest BCUT2D eigenvalue weighted by Gasteiger charge is 2.35. The van der Waals surface area contributed by atoms with Gasteiger partial charge in [0.1, 0.15) is 5.70 Å². The van der Waals surface area contributed by atoms with Gasteiger partial charge < -0.3 is 9.80 Å². The summed E-state index contributed by atoms with van der Waals surface area (Å²) >= 11 is 3.41. The van der Waals surface area contributed by atoms with Crippen LogP contribution in [0, 0.1) is 0 Å². The van der Waals surface area contributed by atoms with Gasteiger partial charge in [-0.05, 0) is 43.6 Å². The van der Waals surface area contributed by atoms with E-state index in [1.165, 1.54) is 11.3 Å². The molecule has 1 aromatic heterocycles. The number of amides is 1. The number of aliphatic imine (C=N–C) groups is 1. The molecule has 6 heteroatoms. The normalized spacial score (nSPS) is 23.7. The van der Waals surface area contributed by atoms with Gasteiger partial charge in [-0.1, -0.05) is 17.8 Å². The highest BCUT2D eigenvalue weighted by Crippen LogP contribution is 2.32. The lowest BCUT2D eigenvalue weighted by Crippen LogP contribution is -2.46. The van der Waals surface area contributed by atoms with Gasteiger partial charge in [0.05, 0.1) is 6.54 Å². The molecule has 0 saturated carbocycles. The number of carbonyl (C=O) groups excluding carboxylic acids is 1. The van der Waals surface area contributed by atoms with Crippen LogP contribution in [0.15, 0.2) is 33.6 Å². The zero-order chi connectivity index (χ0) is 15.6. The summed E-state index contributed by atoms with van der Waals surface area (Å²) in [6, 6.07) is 4.69. The van der Waals surface area contributed by atoms with Gasteiger partial charge in [-0.15, -0.1) is 11.3 Å². The van der Waals surface area contributed by atoms with Crippen LogP contribution in [0.3, 0.4) is 0 Å². The van der Waals surface area contributed by atoms with E-state index in [0.29, 0.717) is 6.04 Å². The molecule has 23 heavy (non-hydrogen) atoms. The van der Waals surface area contributed by atoms with E-state index in [2.05, 4.69) is 32.3 Å². The van der Waals surface area contributed by atoms with Gasteiger partial charge >= 0.3 is 0 Å². The van der Waals surface area contributed by atoms with Gasteiger partial charge in [0.15, 0.2) is 5.17 Å². The standard InChI is InChI=1S/C17H21N3OS2/c21-16(15-12-23-17-18-8-10-20(15)17)19-9-2-1-4-13(19)6-7-14-5-3-11-22-14/h3,5,11-13H,1-2,4,6-10H2/t13-/m0/s1. The number of fused-ring (bicyclic) bond motifs is 1. The molecule has 0 aliphatic carbocycles. The van der Waals surface area contributed by atoms with Gasteiger partial charge in [0, 0.05) is 29.4 Å². The molecule has 0 bridgehead atoms. The maximum atomic E-state index is 13.1. The van der Waals surface area contributed by atoms with Crippen LogP contribution in [-0.2, 0) is 11.2 Å². The minimum atomic E-state index is 0.209. The lowest BCUT2D eigenvalue weighted by atomic mass is 9.97. The number of aryl methyl sites for hydroxylation is 1. The molecule has 3 aliphatic heterocycles. The topological polar surface area (TPSA) is 35.9 Å². The van der Waals surface area contributed by atoms with Crippen molar-refractivity contribution in [2.75, 3.05) is 19.6 Å². The Labute approximate surface area is 145 Å². The molecule has 1 saturated heterocycles. The summed E-state index contributed by atoms with van der Waals surface area (Å²) in [5.74, 6) is 0.209. The third-order valence-corrected chi connectivity index (χ3v) is 6.62. The fourth-order valence-corrected chi connectivity index (χ4v) is 5.22. The van der Waals surface area contributed by atoms with Gasteiger partial charge in [0.2, 0.25) is 0 Å². The average Bonchev–Trinajstić information content (AvgIpc) is 3.30. The molecule has 4 nitrogen and oxygen atoms in total. The first-order valence-corrected chi connectivity index (χ1v) is 10.1. The maximum absolute atomic E-state index is 13.1. The second-order valence-electron chi connectivity index (χ2n) is 6.20. The number of piperidine rings is 1. The summed E-state index contributed by atoms with van der Waals surface area (Å²) in [6.45, 7) is 2.57. The monoisotopic (exact) mass is 347 g/mol. The Morgan fingerprint density at radius 2 is 2.30 bits per heavy atom. The number of thioether (sulfide) groups is 1. The average molecular weight is 348 g/mol. The molecule has 0 radical (unpaired) electrons. The molecule has 3 aliphatic rings. The summed E-state index contributed by atoms with van der Waals surface area (Å²) in [6.07, 6.45) is 5.66. The van der Waals surface area contributed by atoms with Crippen molar-refractivity contribution < 1.29 is 4.79 Å². The van der Waals surface area contributed by atoms with Crippen LogP contribution in [0.4, 0.5) is 0 Å². The van der Waals surface area contributed by atoms with Gasteiger partial charge in [-0.25, -0.2) is 0 Å². The van der Waals surface area contributed by atoms with Crippen LogP contribution in [0.1, 0.15) is 30.6 Å². The Balaban J connectivity index is 1.44. The van der Waals surface area contributed by atoms with E-state index >= 15 is 0 Å². The van der Waals surface area contributed by atoms with Crippen molar-refractivity contribution in [1.29, 1.82) is 0 Å². The van der Waals surface area contributed by atoms with Gasteiger partial charge in [0.25, 0.3) is 5.91 Å². The van der Waals surface area contributed by atoms with Crippen LogP contribution in [0.25, 0.3) is 0 Å². The summed E-state index contributed by atoms with van der Waals surface area (Å²) in [5.41, 5.74) is 0.842. The summed E-state index contributed by atoms with van der Waals surface area (Å²) < 4.78 is 0. The van der Waals surface area contributed by atoms with E-state index in [-0.39, 0.29) is 5.91 Å². The Bertz CT molecular complexity index is 638. The Morgan fingerprint density at radius 1 is 1.35 bits per heavy atom. The smallest absolute Gasteiger partial charge is 0.271 e. The Hall–Kier alpha value is -1.27. The minimum absolute atomic E-state index is 0.209. The van der Waals surface area contributed by atoms with E-state index in [9.17, 15) is 4.79 Å². The second-order valence-corrected chi connectivity index (χ2v) is 8.07. The van der Waals surface area contributed by atoms with E-state index in [0.717, 1.165) is 56.2 Å². The Morgan fingerprint density at radius 3 is 3.17 bits per heavy atom. The number of hydrogen-bond acceptors (Lipinski definition) is 5. The van der Waals surface area contributed by atoms with Crippen molar-refractivity contribution in [2.24, 2.45) is 4.99 Å². The third-order valence-electron chi connectivity index (χ3n) is 4.78. The lowest BCUT2D eigenvalue weighted by Gasteiger charge is -2.37. The molecule has 0 spiro atoms. The molecule has 0 unspecified atom stereocenters. The fraction of sp³-hybridized carbons (Fsp3) is 0.529. The molecule has 1 atom stereocenters. The number of amidine groups is 1. The molecule has 0 N–H and O–H groups in total. The fourth-order valence-electron chi connectivity index (χ4n) is 3.57. The van der Waals surface area contributed by atoms with Crippen LogP contribution in [-0.4, -0.2) is 46.6 Å². The van der Waals surface area contributed by atoms with Crippen molar-refractivity contribution >= 4 is 34.2 Å². The number of carbonyl (C=O) groups is 1. The van der Waals surface area contributed by atoms with Crippen molar-refractivity contribution in [3.63, 3.8) is 0 Å². The Kier molecular flexibility index (Phi) is 4.44. The molecule has 4 heterocycles. The summed E-state index contributed by atoms with van der Waals surface area (Å²) in [4.78, 5) is 23.2. The first kappa shape index (κ1) is 15.3. The quantitative estimate of drug-likeness (QED) is 0.838. The molecule has 4 rings (SSSR count). The first-order valence-electron chi connectivity index (χ1n) is 8.35. The number of thiophene rings is 1. The van der Waals surface area contributed by atoms with Crippen LogP contribution in [0.5, 0.6) is 0 Å². The number of nitrogens with zero attached hydrogens (tertiary/aromatic N) is 3. The number of rotatable bonds is 4. The summed E-state index contributed by atoms with van der Waals surface area (Å²) in [7, 11) is 0. The number of hydrogen-bond donors (Lipinski definition) is 0. The second kappa shape index (κ2) is 6.69. The van der Waals surface area contributed by atoms with E-state index in [1.54, 1.807) is 11.8 Å².